The summed E-state index contributed by atoms with van der Waals surface area (Å²) >= 11 is 0. The lowest BCUT2D eigenvalue weighted by molar-refractivity contribution is -0.389. The van der Waals surface area contributed by atoms with Crippen LogP contribution in [0.1, 0.15) is 10.5 Å². The van der Waals surface area contributed by atoms with Crippen LogP contribution < -0.4 is 10.6 Å². The van der Waals surface area contributed by atoms with Gasteiger partial charge in [0.15, 0.2) is 0 Å². The smallest absolute Gasteiger partial charge is 0.358 e. The first kappa shape index (κ1) is 16.1. The lowest BCUT2D eigenvalue weighted by Crippen LogP contribution is -2.14. The Hall–Kier alpha value is -3.81. The Bertz CT molecular complexity index is 915. The van der Waals surface area contributed by atoms with Gasteiger partial charge in [-0.1, -0.05) is 6.07 Å². The molecule has 0 aliphatic carbocycles. The summed E-state index contributed by atoms with van der Waals surface area (Å²) in [6.07, 6.45) is 3.34. The van der Waals surface area contributed by atoms with Crippen LogP contribution in [0.3, 0.4) is 0 Å². The molecule has 0 bridgehead atoms. The number of nitro groups is 1. The van der Waals surface area contributed by atoms with Gasteiger partial charge in [0.25, 0.3) is 5.91 Å². The molecule has 0 aliphatic heterocycles. The van der Waals surface area contributed by atoms with Gasteiger partial charge in [-0.15, -0.1) is 0 Å². The van der Waals surface area contributed by atoms with E-state index < -0.39 is 10.8 Å². The van der Waals surface area contributed by atoms with Crippen molar-refractivity contribution in [2.45, 2.75) is 0 Å². The molecule has 0 saturated heterocycles. The Kier molecular flexibility index (Phi) is 4.61. The molecule has 0 fully saturated rings. The summed E-state index contributed by atoms with van der Waals surface area (Å²) in [6.45, 7) is 0. The van der Waals surface area contributed by atoms with Crippen molar-refractivity contribution in [2.24, 2.45) is 0 Å². The quantitative estimate of drug-likeness (QED) is 0.546. The van der Waals surface area contributed by atoms with Crippen LogP contribution >= 0.6 is 0 Å². The van der Waals surface area contributed by atoms with Gasteiger partial charge in [0.05, 0.1) is 0 Å². The molecule has 0 aliphatic rings. The van der Waals surface area contributed by atoms with Gasteiger partial charge < -0.3 is 20.7 Å². The van der Waals surface area contributed by atoms with E-state index in [1.54, 1.807) is 30.6 Å². The van der Waals surface area contributed by atoms with E-state index in [1.165, 1.54) is 18.2 Å². The highest BCUT2D eigenvalue weighted by atomic mass is 16.6. The molecule has 0 spiro atoms. The summed E-state index contributed by atoms with van der Waals surface area (Å²) in [4.78, 5) is 30.0. The van der Waals surface area contributed by atoms with Crippen molar-refractivity contribution in [3.05, 3.63) is 82.8 Å². The fraction of sp³-hybridized carbons (Fsp3) is 0. The van der Waals surface area contributed by atoms with Crippen LogP contribution in [-0.2, 0) is 0 Å². The zero-order chi connectivity index (χ0) is 17.6. The van der Waals surface area contributed by atoms with Crippen molar-refractivity contribution < 1.29 is 9.72 Å². The van der Waals surface area contributed by atoms with Gasteiger partial charge in [-0.3, -0.25) is 9.78 Å². The first-order valence-electron chi connectivity index (χ1n) is 7.32. The van der Waals surface area contributed by atoms with Crippen LogP contribution in [0.4, 0.5) is 22.9 Å². The van der Waals surface area contributed by atoms with E-state index in [0.717, 1.165) is 11.4 Å². The van der Waals surface area contributed by atoms with Crippen LogP contribution in [0.25, 0.3) is 0 Å². The number of aromatic nitrogens is 2. The van der Waals surface area contributed by atoms with Crippen molar-refractivity contribution in [2.75, 3.05) is 10.6 Å². The summed E-state index contributed by atoms with van der Waals surface area (Å²) in [5, 5.41) is 16.6. The molecule has 2 N–H and O–H groups in total. The Morgan fingerprint density at radius 3 is 2.44 bits per heavy atom. The molecule has 8 heteroatoms. The molecule has 0 radical (unpaired) electrons. The maximum absolute atomic E-state index is 12.2. The van der Waals surface area contributed by atoms with E-state index in [1.807, 2.05) is 18.2 Å². The van der Waals surface area contributed by atoms with E-state index in [4.69, 9.17) is 0 Å². The molecular formula is C17H13N5O3. The van der Waals surface area contributed by atoms with Crippen molar-refractivity contribution >= 4 is 28.8 Å². The minimum absolute atomic E-state index is 0.0262. The van der Waals surface area contributed by atoms with Gasteiger partial charge in [0, 0.05) is 35.5 Å². The molecule has 1 amide bonds. The van der Waals surface area contributed by atoms with E-state index in [0.29, 0.717) is 5.69 Å². The van der Waals surface area contributed by atoms with Crippen LogP contribution in [0.15, 0.2) is 67.0 Å². The van der Waals surface area contributed by atoms with Crippen LogP contribution in [0, 0.1) is 10.1 Å². The van der Waals surface area contributed by atoms with Gasteiger partial charge in [-0.25, -0.2) is 0 Å². The van der Waals surface area contributed by atoms with Gasteiger partial charge in [-0.05, 0) is 52.4 Å². The number of pyridine rings is 2. The fourth-order valence-electron chi connectivity index (χ4n) is 2.12. The molecule has 25 heavy (non-hydrogen) atoms. The minimum Gasteiger partial charge on any atom is -0.358 e. The highest BCUT2D eigenvalue weighted by molar-refractivity contribution is 6.03. The van der Waals surface area contributed by atoms with Crippen LogP contribution in [0.5, 0.6) is 0 Å². The molecule has 0 unspecified atom stereocenters. The Morgan fingerprint density at radius 1 is 0.960 bits per heavy atom. The van der Waals surface area contributed by atoms with Gasteiger partial charge in [0.2, 0.25) is 5.69 Å². The van der Waals surface area contributed by atoms with E-state index in [-0.39, 0.29) is 11.5 Å². The van der Waals surface area contributed by atoms with Crippen LogP contribution in [0.2, 0.25) is 0 Å². The molecule has 1 aromatic carbocycles. The second-order valence-corrected chi connectivity index (χ2v) is 5.03. The largest absolute Gasteiger partial charge is 0.364 e. The average Bonchev–Trinajstić information content (AvgIpc) is 2.63. The zero-order valence-electron chi connectivity index (χ0n) is 12.9. The number of hydrogen-bond acceptors (Lipinski definition) is 6. The monoisotopic (exact) mass is 335 g/mol. The fourth-order valence-corrected chi connectivity index (χ4v) is 2.12. The SMILES string of the molecule is O=C(Nc1cccc(Nc2ccncc2)c1)c1cccc([N+](=O)[O-])n1. The zero-order valence-corrected chi connectivity index (χ0v) is 12.9. The lowest BCUT2D eigenvalue weighted by atomic mass is 10.2. The third-order valence-corrected chi connectivity index (χ3v) is 3.24. The predicted octanol–water partition coefficient (Wildman–Crippen LogP) is 3.38. The third kappa shape index (κ3) is 4.14. The van der Waals surface area contributed by atoms with E-state index in [2.05, 4.69) is 20.6 Å². The maximum Gasteiger partial charge on any atom is 0.364 e. The third-order valence-electron chi connectivity index (χ3n) is 3.24. The first-order chi connectivity index (χ1) is 12.1. The van der Waals surface area contributed by atoms with Crippen molar-refractivity contribution in [3.63, 3.8) is 0 Å². The number of carbonyl (C=O) groups is 1. The number of nitrogens with one attached hydrogen (secondary N) is 2. The molecule has 3 rings (SSSR count). The minimum atomic E-state index is -0.643. The highest BCUT2D eigenvalue weighted by Gasteiger charge is 2.16. The normalized spacial score (nSPS) is 10.1. The second kappa shape index (κ2) is 7.18. The molecule has 0 saturated carbocycles. The average molecular weight is 335 g/mol. The number of rotatable bonds is 5. The highest BCUT2D eigenvalue weighted by Crippen LogP contribution is 2.20. The summed E-state index contributed by atoms with van der Waals surface area (Å²) < 4.78 is 0. The Morgan fingerprint density at radius 2 is 1.68 bits per heavy atom. The summed E-state index contributed by atoms with van der Waals surface area (Å²) in [5.74, 6) is -0.898. The van der Waals surface area contributed by atoms with Gasteiger partial charge >= 0.3 is 5.82 Å². The van der Waals surface area contributed by atoms with E-state index in [9.17, 15) is 14.9 Å². The number of nitrogens with zero attached hydrogens (tertiary/aromatic N) is 3. The number of hydrogen-bond donors (Lipinski definition) is 2. The summed E-state index contributed by atoms with van der Waals surface area (Å²) in [6, 6.07) is 14.8. The predicted molar refractivity (Wildman–Crippen MR) is 92.8 cm³/mol. The number of carbonyl (C=O) groups excluding carboxylic acids is 1. The number of anilines is 3. The molecule has 3 aromatic rings. The van der Waals surface area contributed by atoms with Gasteiger partial charge in [0.1, 0.15) is 0 Å². The summed E-state index contributed by atoms with van der Waals surface area (Å²) in [5.41, 5.74) is 2.15. The molecule has 2 aromatic heterocycles. The Labute approximate surface area is 142 Å². The lowest BCUT2D eigenvalue weighted by Gasteiger charge is -2.08. The standard InChI is InChI=1S/C17H13N5O3/c23-17(15-5-2-6-16(21-15)22(24)25)20-14-4-1-3-13(11-14)19-12-7-9-18-10-8-12/h1-11H,(H,18,19)(H,20,23). The molecular weight excluding hydrogens is 322 g/mol. The maximum atomic E-state index is 12.2. The molecule has 0 atom stereocenters. The second-order valence-electron chi connectivity index (χ2n) is 5.03. The topological polar surface area (TPSA) is 110 Å². The molecule has 2 heterocycles. The molecule has 8 nitrogen and oxygen atoms in total. The van der Waals surface area contributed by atoms with Crippen molar-refractivity contribution in [3.8, 4) is 0 Å². The Balaban J connectivity index is 1.74. The van der Waals surface area contributed by atoms with Gasteiger partial charge in [-0.2, -0.15) is 0 Å². The van der Waals surface area contributed by atoms with Crippen molar-refractivity contribution in [1.29, 1.82) is 0 Å². The number of amides is 1. The first-order valence-corrected chi connectivity index (χ1v) is 7.32. The number of benzene rings is 1. The summed E-state index contributed by atoms with van der Waals surface area (Å²) in [7, 11) is 0. The van der Waals surface area contributed by atoms with E-state index >= 15 is 0 Å². The van der Waals surface area contributed by atoms with Crippen LogP contribution in [-0.4, -0.2) is 20.8 Å². The molecule has 124 valence electrons. The van der Waals surface area contributed by atoms with Crippen molar-refractivity contribution in [1.82, 2.24) is 9.97 Å².